The summed E-state index contributed by atoms with van der Waals surface area (Å²) in [5.74, 6) is 0.746. The van der Waals surface area contributed by atoms with Crippen LogP contribution in [0.25, 0.3) is 5.69 Å². The molecule has 3 rings (SSSR count). The third-order valence-electron chi connectivity index (χ3n) is 3.59. The van der Waals surface area contributed by atoms with Crippen LogP contribution in [-0.2, 0) is 0 Å². The minimum absolute atomic E-state index is 0.0529. The van der Waals surface area contributed by atoms with E-state index < -0.39 is 4.92 Å². The van der Waals surface area contributed by atoms with Crippen LogP contribution in [0.1, 0.15) is 17.7 Å². The molecule has 1 atom stereocenters. The minimum atomic E-state index is -0.400. The van der Waals surface area contributed by atoms with Gasteiger partial charge >= 0.3 is 0 Å². The number of non-ortho nitro benzene ring substituents is 1. The van der Waals surface area contributed by atoms with Crippen molar-refractivity contribution in [3.63, 3.8) is 0 Å². The maximum atomic E-state index is 10.9. The molecule has 128 valence electrons. The average molecular weight is 357 g/mol. The predicted octanol–water partition coefficient (Wildman–Crippen LogP) is 3.43. The molecule has 9 heteroatoms. The number of thioether (sulfide) groups is 1. The van der Waals surface area contributed by atoms with Gasteiger partial charge in [-0.1, -0.05) is 23.9 Å². The normalized spacial score (nSPS) is 11.9. The molecule has 0 saturated heterocycles. The Hall–Kier alpha value is -2.94. The largest absolute Gasteiger partial charge is 0.497 e. The van der Waals surface area contributed by atoms with E-state index >= 15 is 0 Å². The lowest BCUT2D eigenvalue weighted by atomic mass is 10.1. The van der Waals surface area contributed by atoms with Crippen LogP contribution in [0.4, 0.5) is 5.69 Å². The van der Waals surface area contributed by atoms with Gasteiger partial charge in [-0.2, -0.15) is 4.68 Å². The highest BCUT2D eigenvalue weighted by Crippen LogP contribution is 2.35. The number of ether oxygens (including phenoxy) is 1. The molecule has 0 unspecified atom stereocenters. The summed E-state index contributed by atoms with van der Waals surface area (Å²) in [6, 6.07) is 13.9. The Morgan fingerprint density at radius 2 is 2.00 bits per heavy atom. The maximum absolute atomic E-state index is 10.9. The number of nitrogens with zero attached hydrogens (tertiary/aromatic N) is 5. The Morgan fingerprint density at radius 3 is 2.68 bits per heavy atom. The number of benzene rings is 2. The first-order chi connectivity index (χ1) is 12.1. The van der Waals surface area contributed by atoms with Gasteiger partial charge in [-0.15, -0.1) is 5.10 Å². The zero-order valence-electron chi connectivity index (χ0n) is 13.6. The molecule has 0 aliphatic heterocycles. The van der Waals surface area contributed by atoms with E-state index in [1.54, 1.807) is 23.9 Å². The van der Waals surface area contributed by atoms with Gasteiger partial charge in [0, 0.05) is 17.4 Å². The van der Waals surface area contributed by atoms with Gasteiger partial charge in [0.05, 0.1) is 17.7 Å². The molecule has 0 bridgehead atoms. The van der Waals surface area contributed by atoms with Gasteiger partial charge in [0.15, 0.2) is 0 Å². The van der Waals surface area contributed by atoms with Crippen molar-refractivity contribution in [1.82, 2.24) is 20.2 Å². The van der Waals surface area contributed by atoms with Gasteiger partial charge in [0.1, 0.15) is 5.75 Å². The van der Waals surface area contributed by atoms with Crippen LogP contribution in [0.2, 0.25) is 0 Å². The summed E-state index contributed by atoms with van der Waals surface area (Å²) in [5.41, 5.74) is 1.71. The molecule has 1 heterocycles. The predicted molar refractivity (Wildman–Crippen MR) is 93.1 cm³/mol. The van der Waals surface area contributed by atoms with Gasteiger partial charge in [-0.25, -0.2) is 0 Å². The number of hydrogen-bond donors (Lipinski definition) is 0. The van der Waals surface area contributed by atoms with E-state index in [0.717, 1.165) is 17.0 Å². The molecule has 0 aliphatic carbocycles. The van der Waals surface area contributed by atoms with Gasteiger partial charge in [0.2, 0.25) is 5.16 Å². The van der Waals surface area contributed by atoms with Gasteiger partial charge in [-0.05, 0) is 47.2 Å². The third-order valence-corrected chi connectivity index (χ3v) is 4.68. The zero-order valence-corrected chi connectivity index (χ0v) is 14.4. The molecule has 8 nitrogen and oxygen atoms in total. The summed E-state index contributed by atoms with van der Waals surface area (Å²) in [6.07, 6.45) is 0. The van der Waals surface area contributed by atoms with Crippen molar-refractivity contribution in [3.8, 4) is 11.4 Å². The van der Waals surface area contributed by atoms with Crippen molar-refractivity contribution < 1.29 is 9.66 Å². The van der Waals surface area contributed by atoms with E-state index in [9.17, 15) is 10.1 Å². The number of rotatable bonds is 6. The van der Waals surface area contributed by atoms with E-state index in [0.29, 0.717) is 5.16 Å². The summed E-state index contributed by atoms with van der Waals surface area (Å²) in [4.78, 5) is 10.5. The zero-order chi connectivity index (χ0) is 17.8. The van der Waals surface area contributed by atoms with E-state index in [1.807, 2.05) is 37.3 Å². The van der Waals surface area contributed by atoms with Crippen molar-refractivity contribution in [3.05, 3.63) is 64.2 Å². The quantitative estimate of drug-likeness (QED) is 0.379. The second-order valence-corrected chi connectivity index (χ2v) is 6.49. The van der Waals surface area contributed by atoms with Crippen LogP contribution in [0.5, 0.6) is 5.75 Å². The highest BCUT2D eigenvalue weighted by molar-refractivity contribution is 7.99. The molecule has 0 spiro atoms. The van der Waals surface area contributed by atoms with Crippen molar-refractivity contribution >= 4 is 17.4 Å². The Kier molecular flexibility index (Phi) is 4.94. The molecule has 3 aromatic rings. The van der Waals surface area contributed by atoms with Crippen molar-refractivity contribution in [1.29, 1.82) is 0 Å². The van der Waals surface area contributed by atoms with Crippen LogP contribution in [0, 0.1) is 10.1 Å². The summed E-state index contributed by atoms with van der Waals surface area (Å²) in [7, 11) is 1.61. The molecule has 0 fully saturated rings. The van der Waals surface area contributed by atoms with Crippen molar-refractivity contribution in [2.75, 3.05) is 7.11 Å². The minimum Gasteiger partial charge on any atom is -0.497 e. The SMILES string of the molecule is COc1ccc(-n2nnnc2S[C@H](C)c2cccc([N+](=O)[O-])c2)cc1. The molecule has 0 saturated carbocycles. The monoisotopic (exact) mass is 357 g/mol. The second kappa shape index (κ2) is 7.31. The fraction of sp³-hybridized carbons (Fsp3) is 0.188. The van der Waals surface area contributed by atoms with Crippen LogP contribution >= 0.6 is 11.8 Å². The van der Waals surface area contributed by atoms with E-state index in [2.05, 4.69) is 15.5 Å². The highest BCUT2D eigenvalue weighted by Gasteiger charge is 2.17. The van der Waals surface area contributed by atoms with Crippen LogP contribution < -0.4 is 4.74 Å². The maximum Gasteiger partial charge on any atom is 0.269 e. The van der Waals surface area contributed by atoms with Crippen LogP contribution in [0.15, 0.2) is 53.7 Å². The van der Waals surface area contributed by atoms with Crippen LogP contribution in [0.3, 0.4) is 0 Å². The standard InChI is InChI=1S/C16H15N5O3S/c1-11(12-4-3-5-14(10-12)21(22)23)25-16-17-18-19-20(16)13-6-8-15(24-2)9-7-13/h3-11H,1-2H3/t11-/m1/s1. The van der Waals surface area contributed by atoms with Crippen molar-refractivity contribution in [2.24, 2.45) is 0 Å². The Morgan fingerprint density at radius 1 is 1.24 bits per heavy atom. The first-order valence-electron chi connectivity index (χ1n) is 7.42. The smallest absolute Gasteiger partial charge is 0.269 e. The fourth-order valence-electron chi connectivity index (χ4n) is 2.26. The molecule has 0 radical (unpaired) electrons. The first kappa shape index (κ1) is 16.9. The van der Waals surface area contributed by atoms with Gasteiger partial charge < -0.3 is 4.74 Å². The molecule has 25 heavy (non-hydrogen) atoms. The number of methoxy groups -OCH3 is 1. The molecule has 2 aromatic carbocycles. The number of tetrazole rings is 1. The van der Waals surface area contributed by atoms with E-state index in [-0.39, 0.29) is 10.9 Å². The lowest BCUT2D eigenvalue weighted by molar-refractivity contribution is -0.384. The van der Waals surface area contributed by atoms with Gasteiger partial charge in [0.25, 0.3) is 5.69 Å². The summed E-state index contributed by atoms with van der Waals surface area (Å²) in [6.45, 7) is 1.96. The number of nitro groups is 1. The fourth-order valence-corrected chi connectivity index (χ4v) is 3.18. The Bertz CT molecular complexity index is 881. The lowest BCUT2D eigenvalue weighted by Gasteiger charge is -2.11. The highest BCUT2D eigenvalue weighted by atomic mass is 32.2. The third kappa shape index (κ3) is 3.77. The number of aromatic nitrogens is 4. The number of hydrogen-bond acceptors (Lipinski definition) is 7. The van der Waals surface area contributed by atoms with Crippen molar-refractivity contribution in [2.45, 2.75) is 17.3 Å². The topological polar surface area (TPSA) is 96.0 Å². The average Bonchev–Trinajstić information content (AvgIpc) is 3.10. The van der Waals surface area contributed by atoms with Gasteiger partial charge in [-0.3, -0.25) is 10.1 Å². The molecule has 0 amide bonds. The Balaban J connectivity index is 1.83. The summed E-state index contributed by atoms with van der Waals surface area (Å²) >= 11 is 1.43. The summed E-state index contributed by atoms with van der Waals surface area (Å²) < 4.78 is 6.77. The second-order valence-electron chi connectivity index (χ2n) is 5.18. The molecular weight excluding hydrogens is 342 g/mol. The molecule has 0 N–H and O–H groups in total. The molecular formula is C16H15N5O3S. The number of nitro benzene ring substituents is 1. The van der Waals surface area contributed by atoms with E-state index in [4.69, 9.17) is 4.74 Å². The lowest BCUT2D eigenvalue weighted by Crippen LogP contribution is -2.00. The molecule has 1 aromatic heterocycles. The molecule has 0 aliphatic rings. The van der Waals surface area contributed by atoms with Crippen LogP contribution in [-0.4, -0.2) is 32.2 Å². The Labute approximate surface area is 148 Å². The van der Waals surface area contributed by atoms with E-state index in [1.165, 1.54) is 17.8 Å². The first-order valence-corrected chi connectivity index (χ1v) is 8.30. The summed E-state index contributed by atoms with van der Waals surface area (Å²) in [5, 5.41) is 23.3.